The van der Waals surface area contributed by atoms with Crippen LogP contribution in [0.1, 0.15) is 0 Å². The van der Waals surface area contributed by atoms with Gasteiger partial charge in [-0.1, -0.05) is 30.3 Å². The monoisotopic (exact) mass is 243 g/mol. The first-order valence-corrected chi connectivity index (χ1v) is 5.97. The van der Waals surface area contributed by atoms with Gasteiger partial charge in [-0.05, 0) is 5.56 Å². The summed E-state index contributed by atoms with van der Waals surface area (Å²) in [5.74, 6) is 0.147. The second kappa shape index (κ2) is 3.75. The molecule has 0 aliphatic heterocycles. The third-order valence-electron chi connectivity index (χ3n) is 2.61. The van der Waals surface area contributed by atoms with Crippen LogP contribution in [0.25, 0.3) is 20.7 Å². The maximum atomic E-state index is 11.7. The lowest BCUT2D eigenvalue weighted by Crippen LogP contribution is -1.95. The maximum absolute atomic E-state index is 11.7. The molecule has 2 aromatic heterocycles. The summed E-state index contributed by atoms with van der Waals surface area (Å²) < 4.78 is 0.559. The van der Waals surface area contributed by atoms with E-state index in [9.17, 15) is 9.90 Å². The van der Waals surface area contributed by atoms with Crippen molar-refractivity contribution in [3.05, 3.63) is 52.8 Å². The van der Waals surface area contributed by atoms with Crippen LogP contribution in [0.3, 0.4) is 0 Å². The summed E-state index contributed by atoms with van der Waals surface area (Å²) >= 11 is 1.31. The van der Waals surface area contributed by atoms with Gasteiger partial charge in [0, 0.05) is 12.3 Å². The molecule has 0 saturated heterocycles. The Morgan fingerprint density at radius 3 is 2.59 bits per heavy atom. The van der Waals surface area contributed by atoms with Crippen LogP contribution < -0.4 is 5.43 Å². The molecule has 4 heteroatoms. The van der Waals surface area contributed by atoms with Crippen molar-refractivity contribution in [2.24, 2.45) is 0 Å². The molecule has 0 radical (unpaired) electrons. The van der Waals surface area contributed by atoms with E-state index in [4.69, 9.17) is 0 Å². The molecule has 3 nitrogen and oxygen atoms in total. The van der Waals surface area contributed by atoms with Crippen molar-refractivity contribution in [1.29, 1.82) is 0 Å². The Morgan fingerprint density at radius 2 is 1.88 bits per heavy atom. The van der Waals surface area contributed by atoms with E-state index in [1.807, 2.05) is 30.3 Å². The number of H-pyrrole nitrogens is 1. The minimum Gasteiger partial charge on any atom is -0.504 e. The zero-order valence-electron chi connectivity index (χ0n) is 8.81. The number of hydrogen-bond donors (Lipinski definition) is 2. The lowest BCUT2D eigenvalue weighted by Gasteiger charge is -1.97. The molecule has 17 heavy (non-hydrogen) atoms. The maximum Gasteiger partial charge on any atom is 0.199 e. The number of benzene rings is 1. The molecular formula is C13H9NO2S. The van der Waals surface area contributed by atoms with Gasteiger partial charge in [0.1, 0.15) is 10.2 Å². The topological polar surface area (TPSA) is 53.1 Å². The van der Waals surface area contributed by atoms with E-state index >= 15 is 0 Å². The van der Waals surface area contributed by atoms with Gasteiger partial charge in [0.25, 0.3) is 0 Å². The molecule has 0 amide bonds. The van der Waals surface area contributed by atoms with Crippen LogP contribution in [0.15, 0.2) is 47.4 Å². The Balaban J connectivity index is 2.36. The minimum absolute atomic E-state index is 0.0683. The van der Waals surface area contributed by atoms with E-state index in [0.29, 0.717) is 10.2 Å². The van der Waals surface area contributed by atoms with Crippen molar-refractivity contribution < 1.29 is 5.11 Å². The fraction of sp³-hybridized carbons (Fsp3) is 0. The fourth-order valence-electron chi connectivity index (χ4n) is 1.79. The second-order valence-electron chi connectivity index (χ2n) is 3.69. The molecule has 0 fully saturated rings. The Bertz CT molecular complexity index is 728. The summed E-state index contributed by atoms with van der Waals surface area (Å²) in [7, 11) is 0. The lowest BCUT2D eigenvalue weighted by molar-refractivity contribution is 0.484. The number of aromatic nitrogens is 1. The average Bonchev–Trinajstić information content (AvgIpc) is 2.70. The highest BCUT2D eigenvalue weighted by molar-refractivity contribution is 7.22. The van der Waals surface area contributed by atoms with E-state index in [1.54, 1.807) is 6.20 Å². The van der Waals surface area contributed by atoms with E-state index in [0.717, 1.165) is 10.4 Å². The molecule has 0 saturated carbocycles. The van der Waals surface area contributed by atoms with Crippen LogP contribution in [0.2, 0.25) is 0 Å². The van der Waals surface area contributed by atoms with Crippen LogP contribution in [0.4, 0.5) is 0 Å². The largest absolute Gasteiger partial charge is 0.504 e. The van der Waals surface area contributed by atoms with Crippen LogP contribution >= 0.6 is 11.3 Å². The summed E-state index contributed by atoms with van der Waals surface area (Å²) in [6.07, 6.45) is 1.55. The van der Waals surface area contributed by atoms with E-state index in [2.05, 4.69) is 4.98 Å². The highest BCUT2D eigenvalue weighted by Crippen LogP contribution is 2.40. The number of pyridine rings is 1. The van der Waals surface area contributed by atoms with Crippen LogP contribution in [0, 0.1) is 0 Å². The number of aromatic amines is 1. The molecule has 2 heterocycles. The van der Waals surface area contributed by atoms with Gasteiger partial charge in [-0.3, -0.25) is 4.79 Å². The normalized spacial score (nSPS) is 10.8. The molecule has 0 bridgehead atoms. The molecule has 0 spiro atoms. The molecule has 0 aliphatic rings. The van der Waals surface area contributed by atoms with Crippen LogP contribution in [-0.2, 0) is 0 Å². The standard InChI is InChI=1S/C13H9NO2S/c15-9-6-7-14-10-11(16)12(17-13(9)10)8-4-2-1-3-5-8/h1-7,16H,(H,14,15). The van der Waals surface area contributed by atoms with Gasteiger partial charge in [-0.2, -0.15) is 0 Å². The fourth-order valence-corrected chi connectivity index (χ4v) is 2.87. The van der Waals surface area contributed by atoms with Crippen molar-refractivity contribution in [3.63, 3.8) is 0 Å². The van der Waals surface area contributed by atoms with Crippen molar-refractivity contribution in [1.82, 2.24) is 4.98 Å². The number of nitrogens with one attached hydrogen (secondary N) is 1. The summed E-state index contributed by atoms with van der Waals surface area (Å²) in [6.45, 7) is 0. The van der Waals surface area contributed by atoms with Gasteiger partial charge in [-0.25, -0.2) is 0 Å². The van der Waals surface area contributed by atoms with Crippen LogP contribution in [0.5, 0.6) is 5.75 Å². The van der Waals surface area contributed by atoms with E-state index in [-0.39, 0.29) is 11.2 Å². The molecule has 2 N–H and O–H groups in total. The van der Waals surface area contributed by atoms with Gasteiger partial charge < -0.3 is 10.1 Å². The van der Waals surface area contributed by atoms with E-state index < -0.39 is 0 Å². The Hall–Kier alpha value is -2.07. The molecule has 0 atom stereocenters. The second-order valence-corrected chi connectivity index (χ2v) is 4.71. The van der Waals surface area contributed by atoms with Gasteiger partial charge in [0.15, 0.2) is 11.2 Å². The minimum atomic E-state index is -0.0683. The van der Waals surface area contributed by atoms with Gasteiger partial charge in [0.2, 0.25) is 0 Å². The first kappa shape index (κ1) is 10.1. The highest BCUT2D eigenvalue weighted by Gasteiger charge is 2.14. The smallest absolute Gasteiger partial charge is 0.199 e. The number of fused-ring (bicyclic) bond motifs is 1. The summed E-state index contributed by atoms with van der Waals surface area (Å²) in [6, 6.07) is 11.0. The third kappa shape index (κ3) is 1.54. The summed E-state index contributed by atoms with van der Waals surface area (Å²) in [5, 5.41) is 10.1. The molecule has 3 rings (SSSR count). The summed E-state index contributed by atoms with van der Waals surface area (Å²) in [4.78, 5) is 15.3. The predicted molar refractivity (Wildman–Crippen MR) is 69.5 cm³/mol. The van der Waals surface area contributed by atoms with Crippen LogP contribution in [-0.4, -0.2) is 10.1 Å². The number of rotatable bonds is 1. The average molecular weight is 243 g/mol. The highest BCUT2D eigenvalue weighted by atomic mass is 32.1. The van der Waals surface area contributed by atoms with Gasteiger partial charge >= 0.3 is 0 Å². The van der Waals surface area contributed by atoms with Gasteiger partial charge in [-0.15, -0.1) is 11.3 Å². The van der Waals surface area contributed by atoms with Crippen molar-refractivity contribution in [3.8, 4) is 16.2 Å². The molecule has 84 valence electrons. The molecule has 3 aromatic rings. The Morgan fingerprint density at radius 1 is 1.12 bits per heavy atom. The van der Waals surface area contributed by atoms with Gasteiger partial charge in [0.05, 0.1) is 4.88 Å². The number of thiophene rings is 1. The molecule has 0 aliphatic carbocycles. The Labute approximate surface area is 101 Å². The van der Waals surface area contributed by atoms with Crippen molar-refractivity contribution in [2.45, 2.75) is 0 Å². The first-order chi connectivity index (χ1) is 8.27. The predicted octanol–water partition coefficient (Wildman–Crippen LogP) is 2.96. The Kier molecular flexibility index (Phi) is 2.23. The zero-order chi connectivity index (χ0) is 11.8. The quantitative estimate of drug-likeness (QED) is 0.690. The zero-order valence-corrected chi connectivity index (χ0v) is 9.62. The van der Waals surface area contributed by atoms with Crippen molar-refractivity contribution >= 4 is 21.6 Å². The molecular weight excluding hydrogens is 234 g/mol. The molecule has 1 aromatic carbocycles. The summed E-state index contributed by atoms with van der Waals surface area (Å²) in [5.41, 5.74) is 1.36. The SMILES string of the molecule is O=c1cc[nH]c2c(O)c(-c3ccccc3)sc12. The lowest BCUT2D eigenvalue weighted by atomic mass is 10.2. The van der Waals surface area contributed by atoms with Crippen molar-refractivity contribution in [2.75, 3.05) is 0 Å². The third-order valence-corrected chi connectivity index (χ3v) is 3.85. The molecule has 0 unspecified atom stereocenters. The first-order valence-electron chi connectivity index (χ1n) is 5.16. The number of hydrogen-bond acceptors (Lipinski definition) is 3. The number of aromatic hydroxyl groups is 1. The van der Waals surface area contributed by atoms with E-state index in [1.165, 1.54) is 17.4 Å².